The van der Waals surface area contributed by atoms with E-state index in [2.05, 4.69) is 21.0 Å². The van der Waals surface area contributed by atoms with Gasteiger partial charge in [0.15, 0.2) is 0 Å². The highest BCUT2D eigenvalue weighted by molar-refractivity contribution is 9.10. The van der Waals surface area contributed by atoms with Crippen LogP contribution in [0.5, 0.6) is 0 Å². The summed E-state index contributed by atoms with van der Waals surface area (Å²) >= 11 is 9.54. The van der Waals surface area contributed by atoms with E-state index in [1.54, 1.807) is 24.1 Å². The van der Waals surface area contributed by atoms with Gasteiger partial charge in [0.25, 0.3) is 0 Å². The Balaban J connectivity index is 2.34. The number of halogens is 2. The van der Waals surface area contributed by atoms with Crippen molar-refractivity contribution in [1.29, 1.82) is 0 Å². The lowest BCUT2D eigenvalue weighted by molar-refractivity contribution is 0.171. The van der Waals surface area contributed by atoms with Crippen molar-refractivity contribution < 1.29 is 9.84 Å². The van der Waals surface area contributed by atoms with E-state index in [-0.39, 0.29) is 0 Å². The van der Waals surface area contributed by atoms with Crippen molar-refractivity contribution in [3.63, 3.8) is 0 Å². The van der Waals surface area contributed by atoms with E-state index in [1.807, 2.05) is 19.1 Å². The van der Waals surface area contributed by atoms with Gasteiger partial charge in [-0.25, -0.2) is 0 Å². The van der Waals surface area contributed by atoms with Crippen LogP contribution in [0.2, 0.25) is 5.02 Å². The third kappa shape index (κ3) is 3.23. The Kier molecular flexibility index (Phi) is 5.21. The summed E-state index contributed by atoms with van der Waals surface area (Å²) in [5.74, 6) is 0. The predicted molar refractivity (Wildman–Crippen MR) is 82.1 cm³/mol. The molecule has 0 spiro atoms. The standard InChI is InChI=1S/C14H16BrClN2O2/c1-9-3-4-10(7-12(9)16)14(19)13-11(15)8-17-18(13)5-6-20-2/h3-4,7-8,14,19H,5-6H2,1-2H3. The maximum Gasteiger partial charge on any atom is 0.122 e. The fourth-order valence-electron chi connectivity index (χ4n) is 1.94. The van der Waals surface area contributed by atoms with Gasteiger partial charge in [0.2, 0.25) is 0 Å². The zero-order chi connectivity index (χ0) is 14.7. The normalized spacial score (nSPS) is 12.7. The van der Waals surface area contributed by atoms with Crippen molar-refractivity contribution in [3.8, 4) is 0 Å². The van der Waals surface area contributed by atoms with Gasteiger partial charge in [-0.3, -0.25) is 4.68 Å². The molecule has 2 aromatic rings. The number of aliphatic hydroxyl groups is 1. The number of aliphatic hydroxyl groups excluding tert-OH is 1. The minimum atomic E-state index is -0.790. The Bertz CT molecular complexity index is 601. The van der Waals surface area contributed by atoms with Crippen LogP contribution >= 0.6 is 27.5 Å². The summed E-state index contributed by atoms with van der Waals surface area (Å²) in [6.45, 7) is 3.04. The van der Waals surface area contributed by atoms with E-state index in [0.717, 1.165) is 15.6 Å². The van der Waals surface area contributed by atoms with Crippen LogP contribution in [0.1, 0.15) is 22.9 Å². The monoisotopic (exact) mass is 358 g/mol. The molecule has 0 aliphatic rings. The first kappa shape index (κ1) is 15.5. The van der Waals surface area contributed by atoms with Crippen molar-refractivity contribution in [2.45, 2.75) is 19.6 Å². The number of ether oxygens (including phenoxy) is 1. The lowest BCUT2D eigenvalue weighted by Gasteiger charge is -2.15. The molecule has 6 heteroatoms. The fourth-order valence-corrected chi connectivity index (χ4v) is 2.64. The number of hydrogen-bond acceptors (Lipinski definition) is 3. The fraction of sp³-hybridized carbons (Fsp3) is 0.357. The number of aryl methyl sites for hydroxylation is 1. The van der Waals surface area contributed by atoms with Crippen molar-refractivity contribution in [2.24, 2.45) is 0 Å². The Morgan fingerprint density at radius 3 is 2.90 bits per heavy atom. The Morgan fingerprint density at radius 1 is 1.50 bits per heavy atom. The predicted octanol–water partition coefficient (Wildman–Crippen LogP) is 3.34. The third-order valence-corrected chi connectivity index (χ3v) is 4.13. The number of hydrogen-bond donors (Lipinski definition) is 1. The maximum atomic E-state index is 10.6. The molecular formula is C14H16BrClN2O2. The van der Waals surface area contributed by atoms with Gasteiger partial charge < -0.3 is 9.84 Å². The van der Waals surface area contributed by atoms with Crippen LogP contribution < -0.4 is 0 Å². The number of aromatic nitrogens is 2. The molecule has 1 aromatic heterocycles. The van der Waals surface area contributed by atoms with Crippen LogP contribution in [-0.2, 0) is 11.3 Å². The lowest BCUT2D eigenvalue weighted by Crippen LogP contribution is -2.13. The van der Waals surface area contributed by atoms with Gasteiger partial charge >= 0.3 is 0 Å². The van der Waals surface area contributed by atoms with E-state index < -0.39 is 6.10 Å². The Labute approximate surface area is 131 Å². The molecule has 0 aliphatic heterocycles. The van der Waals surface area contributed by atoms with E-state index in [1.165, 1.54) is 0 Å². The molecule has 1 atom stereocenters. The third-order valence-electron chi connectivity index (χ3n) is 3.11. The van der Waals surface area contributed by atoms with Crippen LogP contribution in [0.4, 0.5) is 0 Å². The quantitative estimate of drug-likeness (QED) is 0.890. The van der Waals surface area contributed by atoms with Gasteiger partial charge in [-0.2, -0.15) is 5.10 Å². The summed E-state index contributed by atoms with van der Waals surface area (Å²) in [6.07, 6.45) is 0.881. The molecule has 0 saturated heterocycles. The summed E-state index contributed by atoms with van der Waals surface area (Å²) in [5, 5.41) is 15.4. The molecule has 1 unspecified atom stereocenters. The molecule has 0 amide bonds. The van der Waals surface area contributed by atoms with E-state index >= 15 is 0 Å². The van der Waals surface area contributed by atoms with E-state index in [9.17, 15) is 5.11 Å². The number of methoxy groups -OCH3 is 1. The molecule has 0 saturated carbocycles. The molecule has 2 rings (SSSR count). The van der Waals surface area contributed by atoms with Crippen LogP contribution in [0, 0.1) is 6.92 Å². The summed E-state index contributed by atoms with van der Waals surface area (Å²) in [7, 11) is 1.63. The highest BCUT2D eigenvalue weighted by atomic mass is 79.9. The zero-order valence-corrected chi connectivity index (χ0v) is 13.6. The molecule has 0 aliphatic carbocycles. The molecule has 0 bridgehead atoms. The van der Waals surface area contributed by atoms with Gasteiger partial charge in [-0.05, 0) is 40.0 Å². The van der Waals surface area contributed by atoms with Crippen LogP contribution in [-0.4, -0.2) is 28.6 Å². The van der Waals surface area contributed by atoms with Crippen LogP contribution in [0.25, 0.3) is 0 Å². The van der Waals surface area contributed by atoms with Crippen molar-refractivity contribution >= 4 is 27.5 Å². The van der Waals surface area contributed by atoms with Crippen LogP contribution in [0.3, 0.4) is 0 Å². The summed E-state index contributed by atoms with van der Waals surface area (Å²) in [4.78, 5) is 0. The smallest absolute Gasteiger partial charge is 0.122 e. The Morgan fingerprint density at radius 2 is 2.25 bits per heavy atom. The molecule has 20 heavy (non-hydrogen) atoms. The molecule has 1 N–H and O–H groups in total. The maximum absolute atomic E-state index is 10.6. The largest absolute Gasteiger partial charge is 0.383 e. The number of rotatable bonds is 5. The molecule has 4 nitrogen and oxygen atoms in total. The average molecular weight is 360 g/mol. The first-order chi connectivity index (χ1) is 9.54. The highest BCUT2D eigenvalue weighted by Gasteiger charge is 2.20. The molecule has 0 fully saturated rings. The molecule has 1 heterocycles. The highest BCUT2D eigenvalue weighted by Crippen LogP contribution is 2.30. The molecule has 0 radical (unpaired) electrons. The number of nitrogens with zero attached hydrogens (tertiary/aromatic N) is 2. The Hall–Kier alpha value is -0.880. The molecular weight excluding hydrogens is 344 g/mol. The minimum absolute atomic E-state index is 0.530. The average Bonchev–Trinajstić information content (AvgIpc) is 2.80. The van der Waals surface area contributed by atoms with E-state index in [4.69, 9.17) is 16.3 Å². The summed E-state index contributed by atoms with van der Waals surface area (Å²) in [5.41, 5.74) is 2.41. The lowest BCUT2D eigenvalue weighted by atomic mass is 10.0. The van der Waals surface area contributed by atoms with Crippen molar-refractivity contribution in [2.75, 3.05) is 13.7 Å². The second-order valence-electron chi connectivity index (χ2n) is 4.50. The van der Waals surface area contributed by atoms with Gasteiger partial charge in [-0.15, -0.1) is 0 Å². The minimum Gasteiger partial charge on any atom is -0.383 e. The molecule has 1 aromatic carbocycles. The molecule has 108 valence electrons. The topological polar surface area (TPSA) is 47.3 Å². The SMILES string of the molecule is COCCn1ncc(Br)c1C(O)c1ccc(C)c(Cl)c1. The van der Waals surface area contributed by atoms with Gasteiger partial charge in [0.05, 0.1) is 29.5 Å². The van der Waals surface area contributed by atoms with Crippen molar-refractivity contribution in [3.05, 3.63) is 50.7 Å². The second-order valence-corrected chi connectivity index (χ2v) is 5.77. The van der Waals surface area contributed by atoms with Gasteiger partial charge in [-0.1, -0.05) is 23.7 Å². The first-order valence-electron chi connectivity index (χ1n) is 6.19. The van der Waals surface area contributed by atoms with Crippen molar-refractivity contribution in [1.82, 2.24) is 9.78 Å². The summed E-state index contributed by atoms with van der Waals surface area (Å²) < 4.78 is 7.54. The van der Waals surface area contributed by atoms with Gasteiger partial charge in [0.1, 0.15) is 6.10 Å². The second kappa shape index (κ2) is 6.72. The summed E-state index contributed by atoms with van der Waals surface area (Å²) in [6, 6.07) is 5.54. The van der Waals surface area contributed by atoms with Crippen LogP contribution in [0.15, 0.2) is 28.9 Å². The van der Waals surface area contributed by atoms with Gasteiger partial charge in [0, 0.05) is 12.1 Å². The number of benzene rings is 1. The van der Waals surface area contributed by atoms with E-state index in [0.29, 0.717) is 23.9 Å². The zero-order valence-electron chi connectivity index (χ0n) is 11.3. The first-order valence-corrected chi connectivity index (χ1v) is 7.36.